The number of hydrogen-bond acceptors (Lipinski definition) is 2. The van der Waals surface area contributed by atoms with Gasteiger partial charge in [0, 0.05) is 6.04 Å². The highest BCUT2D eigenvalue weighted by Crippen LogP contribution is 2.25. The maximum atomic E-state index is 13.2. The molecule has 1 aromatic carbocycles. The molecule has 16 heavy (non-hydrogen) atoms. The van der Waals surface area contributed by atoms with Crippen LogP contribution in [0.3, 0.4) is 0 Å². The third kappa shape index (κ3) is 2.26. The first-order chi connectivity index (χ1) is 7.34. The molecule has 0 aliphatic rings. The summed E-state index contributed by atoms with van der Waals surface area (Å²) in [7, 11) is 0. The fraction of sp³-hybridized carbons (Fsp3) is 0.300. The summed E-state index contributed by atoms with van der Waals surface area (Å²) in [6.07, 6.45) is 0. The Morgan fingerprint density at radius 2 is 1.88 bits per heavy atom. The molecule has 0 saturated carbocycles. The molecule has 2 N–H and O–H groups in total. The number of phenolic OH excluding ortho intramolecular Hbond substituents is 1. The molecule has 3 nitrogen and oxygen atoms in total. The number of aromatic hydroxyl groups is 1. The fourth-order valence-corrected chi connectivity index (χ4v) is 1.10. The van der Waals surface area contributed by atoms with Gasteiger partial charge in [0.25, 0.3) is 5.91 Å². The summed E-state index contributed by atoms with van der Waals surface area (Å²) in [6, 6.07) is 0.115. The summed E-state index contributed by atoms with van der Waals surface area (Å²) in [5, 5.41) is 11.2. The second-order valence-corrected chi connectivity index (χ2v) is 3.51. The first-order valence-corrected chi connectivity index (χ1v) is 4.52. The van der Waals surface area contributed by atoms with Crippen molar-refractivity contribution in [3.63, 3.8) is 0 Å². The van der Waals surface area contributed by atoms with Gasteiger partial charge >= 0.3 is 0 Å². The number of rotatable bonds is 2. The van der Waals surface area contributed by atoms with Crippen LogP contribution in [0.2, 0.25) is 0 Å². The number of amides is 1. The quantitative estimate of drug-likeness (QED) is 0.767. The van der Waals surface area contributed by atoms with Crippen LogP contribution >= 0.6 is 0 Å². The van der Waals surface area contributed by atoms with Gasteiger partial charge in [0.05, 0.1) is 5.56 Å². The van der Waals surface area contributed by atoms with Crippen molar-refractivity contribution in [2.75, 3.05) is 0 Å². The Morgan fingerprint density at radius 1 is 1.31 bits per heavy atom. The Hall–Kier alpha value is -1.72. The zero-order valence-corrected chi connectivity index (χ0v) is 8.64. The monoisotopic (exact) mass is 233 g/mol. The lowest BCUT2D eigenvalue weighted by Crippen LogP contribution is -2.31. The molecule has 0 radical (unpaired) electrons. The number of phenols is 1. The summed E-state index contributed by atoms with van der Waals surface area (Å²) < 4.78 is 38.8. The lowest BCUT2D eigenvalue weighted by molar-refractivity contribution is 0.0937. The van der Waals surface area contributed by atoms with E-state index in [1.54, 1.807) is 13.8 Å². The molecule has 88 valence electrons. The lowest BCUT2D eigenvalue weighted by Gasteiger charge is -2.10. The van der Waals surface area contributed by atoms with Crippen molar-refractivity contribution in [3.8, 4) is 5.75 Å². The fourth-order valence-electron chi connectivity index (χ4n) is 1.10. The van der Waals surface area contributed by atoms with Gasteiger partial charge in [-0.1, -0.05) is 0 Å². The minimum absolute atomic E-state index is 0.290. The van der Waals surface area contributed by atoms with Crippen molar-refractivity contribution >= 4 is 5.91 Å². The number of benzene rings is 1. The van der Waals surface area contributed by atoms with Gasteiger partial charge in [-0.3, -0.25) is 4.79 Å². The molecule has 0 bridgehead atoms. The van der Waals surface area contributed by atoms with Crippen LogP contribution in [0, 0.1) is 17.5 Å². The first-order valence-electron chi connectivity index (χ1n) is 4.52. The maximum Gasteiger partial charge on any atom is 0.254 e. The van der Waals surface area contributed by atoms with E-state index < -0.39 is 34.7 Å². The second kappa shape index (κ2) is 4.42. The van der Waals surface area contributed by atoms with Gasteiger partial charge in [-0.15, -0.1) is 0 Å². The molecule has 0 spiro atoms. The Morgan fingerprint density at radius 3 is 2.38 bits per heavy atom. The van der Waals surface area contributed by atoms with Crippen LogP contribution in [0.15, 0.2) is 6.07 Å². The van der Waals surface area contributed by atoms with Crippen LogP contribution in [0.1, 0.15) is 24.2 Å². The van der Waals surface area contributed by atoms with E-state index in [1.165, 1.54) is 0 Å². The summed E-state index contributed by atoms with van der Waals surface area (Å²) in [5.74, 6) is -7.07. The predicted molar refractivity (Wildman–Crippen MR) is 50.6 cm³/mol. The summed E-state index contributed by atoms with van der Waals surface area (Å²) in [5.41, 5.74) is -0.731. The van der Waals surface area contributed by atoms with Crippen LogP contribution in [0.25, 0.3) is 0 Å². The van der Waals surface area contributed by atoms with Crippen molar-refractivity contribution in [2.24, 2.45) is 0 Å². The number of halogens is 3. The second-order valence-electron chi connectivity index (χ2n) is 3.51. The van der Waals surface area contributed by atoms with E-state index in [2.05, 4.69) is 5.32 Å². The normalized spacial score (nSPS) is 10.6. The number of nitrogens with one attached hydrogen (secondary N) is 1. The highest BCUT2D eigenvalue weighted by Gasteiger charge is 2.22. The molecule has 1 amide bonds. The van der Waals surface area contributed by atoms with E-state index in [4.69, 9.17) is 5.11 Å². The van der Waals surface area contributed by atoms with E-state index in [0.29, 0.717) is 6.07 Å². The Bertz CT molecular complexity index is 433. The van der Waals surface area contributed by atoms with Gasteiger partial charge in [0.1, 0.15) is 0 Å². The van der Waals surface area contributed by atoms with Crippen LogP contribution in [0.4, 0.5) is 13.2 Å². The van der Waals surface area contributed by atoms with Crippen LogP contribution in [-0.4, -0.2) is 17.1 Å². The third-order valence-corrected chi connectivity index (χ3v) is 1.80. The highest BCUT2D eigenvalue weighted by molar-refractivity contribution is 5.95. The number of hydrogen-bond donors (Lipinski definition) is 2. The molecular formula is C10H10F3NO2. The van der Waals surface area contributed by atoms with Gasteiger partial charge < -0.3 is 10.4 Å². The third-order valence-electron chi connectivity index (χ3n) is 1.80. The standard InChI is InChI=1S/C10H10F3NO2/c1-4(2)14-10(16)5-3-6(11)8(13)9(15)7(5)12/h3-4,15H,1-2H3,(H,14,16). The largest absolute Gasteiger partial charge is 0.503 e. The van der Waals surface area contributed by atoms with Gasteiger partial charge in [-0.25, -0.2) is 8.78 Å². The Kier molecular flexibility index (Phi) is 3.41. The van der Waals surface area contributed by atoms with Crippen molar-refractivity contribution in [1.82, 2.24) is 5.32 Å². The maximum absolute atomic E-state index is 13.2. The average molecular weight is 233 g/mol. The first kappa shape index (κ1) is 12.4. The van der Waals surface area contributed by atoms with E-state index in [-0.39, 0.29) is 6.04 Å². The summed E-state index contributed by atoms with van der Waals surface area (Å²) >= 11 is 0. The molecule has 0 aromatic heterocycles. The molecule has 0 aliphatic carbocycles. The zero-order chi connectivity index (χ0) is 12.5. The zero-order valence-electron chi connectivity index (χ0n) is 8.64. The molecule has 0 heterocycles. The van der Waals surface area contributed by atoms with Gasteiger partial charge in [-0.05, 0) is 19.9 Å². The number of carbonyl (C=O) groups is 1. The molecule has 1 rings (SSSR count). The molecule has 6 heteroatoms. The van der Waals surface area contributed by atoms with Crippen molar-refractivity contribution in [3.05, 3.63) is 29.1 Å². The van der Waals surface area contributed by atoms with Crippen LogP contribution in [-0.2, 0) is 0 Å². The van der Waals surface area contributed by atoms with Gasteiger partial charge in [-0.2, -0.15) is 4.39 Å². The minimum atomic E-state index is -1.71. The molecule has 0 aliphatic heterocycles. The molecule has 0 fully saturated rings. The van der Waals surface area contributed by atoms with E-state index >= 15 is 0 Å². The molecule has 1 aromatic rings. The molecule has 0 saturated heterocycles. The number of carbonyl (C=O) groups excluding carboxylic acids is 1. The van der Waals surface area contributed by atoms with E-state index in [1.807, 2.05) is 0 Å². The Labute approximate surface area is 89.9 Å². The van der Waals surface area contributed by atoms with Crippen LogP contribution in [0.5, 0.6) is 5.75 Å². The summed E-state index contributed by atoms with van der Waals surface area (Å²) in [6.45, 7) is 3.24. The van der Waals surface area contributed by atoms with Crippen molar-refractivity contribution in [2.45, 2.75) is 19.9 Å². The predicted octanol–water partition coefficient (Wildman–Crippen LogP) is 1.95. The minimum Gasteiger partial charge on any atom is -0.503 e. The topological polar surface area (TPSA) is 49.3 Å². The van der Waals surface area contributed by atoms with E-state index in [0.717, 1.165) is 0 Å². The summed E-state index contributed by atoms with van der Waals surface area (Å²) in [4.78, 5) is 11.3. The smallest absolute Gasteiger partial charge is 0.254 e. The van der Waals surface area contributed by atoms with Crippen LogP contribution < -0.4 is 5.32 Å². The SMILES string of the molecule is CC(C)NC(=O)c1cc(F)c(F)c(O)c1F. The van der Waals surface area contributed by atoms with E-state index in [9.17, 15) is 18.0 Å². The molecule has 0 atom stereocenters. The molecular weight excluding hydrogens is 223 g/mol. The van der Waals surface area contributed by atoms with Gasteiger partial charge in [0.2, 0.25) is 5.82 Å². The van der Waals surface area contributed by atoms with Crippen molar-refractivity contribution < 1.29 is 23.1 Å². The van der Waals surface area contributed by atoms with Gasteiger partial charge in [0.15, 0.2) is 17.4 Å². The highest BCUT2D eigenvalue weighted by atomic mass is 19.2. The Balaban J connectivity index is 3.20. The average Bonchev–Trinajstić information content (AvgIpc) is 2.19. The molecule has 0 unspecified atom stereocenters. The lowest BCUT2D eigenvalue weighted by atomic mass is 10.1. The van der Waals surface area contributed by atoms with Crippen molar-refractivity contribution in [1.29, 1.82) is 0 Å².